The zero-order valence-electron chi connectivity index (χ0n) is 12.9. The third-order valence-corrected chi connectivity index (χ3v) is 5.69. The van der Waals surface area contributed by atoms with E-state index in [9.17, 15) is 8.42 Å². The van der Waals surface area contributed by atoms with Crippen molar-refractivity contribution < 1.29 is 13.2 Å². The molecular weight excluding hydrogens is 314 g/mol. The molecule has 0 amide bonds. The smallest absolute Gasteiger partial charge is 0.316 e. The molecule has 1 atom stereocenters. The Morgan fingerprint density at radius 3 is 2.57 bits per heavy atom. The first-order valence-corrected chi connectivity index (χ1v) is 9.00. The van der Waals surface area contributed by atoms with Crippen molar-refractivity contribution in [2.45, 2.75) is 30.8 Å². The van der Waals surface area contributed by atoms with Crippen LogP contribution >= 0.6 is 0 Å². The van der Waals surface area contributed by atoms with Crippen LogP contribution in [0.25, 0.3) is 0 Å². The molecule has 0 saturated carbocycles. The van der Waals surface area contributed by atoms with Gasteiger partial charge in [0.25, 0.3) is 0 Å². The molecule has 6 nitrogen and oxygen atoms in total. The zero-order valence-corrected chi connectivity index (χ0v) is 13.7. The van der Waals surface area contributed by atoms with Gasteiger partial charge in [-0.1, -0.05) is 17.7 Å². The number of piperidine rings is 1. The van der Waals surface area contributed by atoms with Crippen molar-refractivity contribution in [2.75, 3.05) is 13.1 Å². The molecule has 122 valence electrons. The SMILES string of the molecule is Cc1ccc(S(=O)(=O)N2CCCC(Oc3ncccn3)C2)cc1. The molecule has 2 heterocycles. The molecular formula is C16H19N3O3S. The summed E-state index contributed by atoms with van der Waals surface area (Å²) in [6, 6.07) is 8.91. The van der Waals surface area contributed by atoms with E-state index >= 15 is 0 Å². The molecule has 1 saturated heterocycles. The van der Waals surface area contributed by atoms with E-state index in [2.05, 4.69) is 9.97 Å². The van der Waals surface area contributed by atoms with Gasteiger partial charge in [0, 0.05) is 18.9 Å². The maximum Gasteiger partial charge on any atom is 0.316 e. The molecule has 1 aliphatic rings. The number of aryl methyl sites for hydroxylation is 1. The zero-order chi connectivity index (χ0) is 16.3. The summed E-state index contributed by atoms with van der Waals surface area (Å²) >= 11 is 0. The predicted octanol–water partition coefficient (Wildman–Crippen LogP) is 2.02. The quantitative estimate of drug-likeness (QED) is 0.856. The molecule has 0 spiro atoms. The van der Waals surface area contributed by atoms with E-state index < -0.39 is 10.0 Å². The average Bonchev–Trinajstić information content (AvgIpc) is 2.56. The summed E-state index contributed by atoms with van der Waals surface area (Å²) in [4.78, 5) is 8.37. The monoisotopic (exact) mass is 333 g/mol. The highest BCUT2D eigenvalue weighted by molar-refractivity contribution is 7.89. The van der Waals surface area contributed by atoms with Gasteiger partial charge in [0.15, 0.2) is 0 Å². The molecule has 2 aromatic rings. The van der Waals surface area contributed by atoms with Crippen LogP contribution < -0.4 is 4.74 Å². The van der Waals surface area contributed by atoms with Crippen LogP contribution in [-0.2, 0) is 10.0 Å². The maximum absolute atomic E-state index is 12.7. The van der Waals surface area contributed by atoms with Crippen molar-refractivity contribution in [3.05, 3.63) is 48.3 Å². The number of sulfonamides is 1. The summed E-state index contributed by atoms with van der Waals surface area (Å²) in [6.07, 6.45) is 4.52. The van der Waals surface area contributed by atoms with E-state index in [-0.39, 0.29) is 12.1 Å². The summed E-state index contributed by atoms with van der Waals surface area (Å²) < 4.78 is 32.7. The van der Waals surface area contributed by atoms with Crippen molar-refractivity contribution in [3.8, 4) is 6.01 Å². The first kappa shape index (κ1) is 15.9. The standard InChI is InChI=1S/C16H19N3O3S/c1-13-5-7-15(8-6-13)23(20,21)19-11-2-4-14(12-19)22-16-17-9-3-10-18-16/h3,5-10,14H,2,4,11-12H2,1H3. The van der Waals surface area contributed by atoms with Crippen molar-refractivity contribution in [2.24, 2.45) is 0 Å². The summed E-state index contributed by atoms with van der Waals surface area (Å²) in [5.74, 6) is 0. The molecule has 1 unspecified atom stereocenters. The summed E-state index contributed by atoms with van der Waals surface area (Å²) in [7, 11) is -3.49. The lowest BCUT2D eigenvalue weighted by Crippen LogP contribution is -2.44. The van der Waals surface area contributed by atoms with Crippen molar-refractivity contribution in [1.82, 2.24) is 14.3 Å². The number of rotatable bonds is 4. The fourth-order valence-electron chi connectivity index (χ4n) is 2.57. The predicted molar refractivity (Wildman–Crippen MR) is 85.6 cm³/mol. The number of hydrogen-bond acceptors (Lipinski definition) is 5. The van der Waals surface area contributed by atoms with Gasteiger partial charge >= 0.3 is 6.01 Å². The van der Waals surface area contributed by atoms with E-state index in [0.717, 1.165) is 18.4 Å². The van der Waals surface area contributed by atoms with E-state index in [0.29, 0.717) is 18.0 Å². The number of benzene rings is 1. The van der Waals surface area contributed by atoms with Crippen molar-refractivity contribution in [3.63, 3.8) is 0 Å². The van der Waals surface area contributed by atoms with Crippen molar-refractivity contribution in [1.29, 1.82) is 0 Å². The van der Waals surface area contributed by atoms with E-state index in [4.69, 9.17) is 4.74 Å². The average molecular weight is 333 g/mol. The summed E-state index contributed by atoms with van der Waals surface area (Å²) in [5.41, 5.74) is 1.03. The molecule has 1 fully saturated rings. The van der Waals surface area contributed by atoms with Gasteiger partial charge in [0.2, 0.25) is 10.0 Å². The van der Waals surface area contributed by atoms with Gasteiger partial charge in [0.1, 0.15) is 6.10 Å². The van der Waals surface area contributed by atoms with Gasteiger partial charge in [-0.15, -0.1) is 0 Å². The lowest BCUT2D eigenvalue weighted by Gasteiger charge is -2.31. The number of aromatic nitrogens is 2. The van der Waals surface area contributed by atoms with Crippen LogP contribution in [0, 0.1) is 6.92 Å². The van der Waals surface area contributed by atoms with Gasteiger partial charge in [-0.2, -0.15) is 4.31 Å². The van der Waals surface area contributed by atoms with Gasteiger partial charge < -0.3 is 4.74 Å². The van der Waals surface area contributed by atoms with Crippen LogP contribution in [0.5, 0.6) is 6.01 Å². The Morgan fingerprint density at radius 1 is 1.17 bits per heavy atom. The first-order valence-electron chi connectivity index (χ1n) is 7.56. The molecule has 1 aliphatic heterocycles. The lowest BCUT2D eigenvalue weighted by molar-refractivity contribution is 0.119. The van der Waals surface area contributed by atoms with Crippen LogP contribution in [0.2, 0.25) is 0 Å². The molecule has 0 aliphatic carbocycles. The van der Waals surface area contributed by atoms with E-state index in [1.807, 2.05) is 19.1 Å². The third-order valence-electron chi connectivity index (χ3n) is 3.81. The van der Waals surface area contributed by atoms with Gasteiger partial charge in [-0.3, -0.25) is 0 Å². The van der Waals surface area contributed by atoms with E-state index in [1.165, 1.54) is 4.31 Å². The molecule has 1 aromatic carbocycles. The fourth-order valence-corrected chi connectivity index (χ4v) is 4.08. The van der Waals surface area contributed by atoms with E-state index in [1.54, 1.807) is 30.6 Å². The van der Waals surface area contributed by atoms with Crippen LogP contribution in [0.15, 0.2) is 47.6 Å². The van der Waals surface area contributed by atoms with Crippen LogP contribution in [0.1, 0.15) is 18.4 Å². The lowest BCUT2D eigenvalue weighted by atomic mass is 10.1. The Balaban J connectivity index is 1.74. The second kappa shape index (κ2) is 6.64. The van der Waals surface area contributed by atoms with Crippen LogP contribution in [0.4, 0.5) is 0 Å². The Bertz CT molecular complexity index is 748. The molecule has 0 radical (unpaired) electrons. The summed E-state index contributed by atoms with van der Waals surface area (Å²) in [5, 5.41) is 0. The Kier molecular flexibility index (Phi) is 4.58. The summed E-state index contributed by atoms with van der Waals surface area (Å²) in [6.45, 7) is 2.75. The topological polar surface area (TPSA) is 72.4 Å². The molecule has 0 bridgehead atoms. The highest BCUT2D eigenvalue weighted by atomic mass is 32.2. The Hall–Kier alpha value is -1.99. The fraction of sp³-hybridized carbons (Fsp3) is 0.375. The van der Waals surface area contributed by atoms with Gasteiger partial charge in [0.05, 0.1) is 11.4 Å². The molecule has 1 aromatic heterocycles. The molecule has 23 heavy (non-hydrogen) atoms. The molecule has 3 rings (SSSR count). The van der Waals surface area contributed by atoms with Crippen LogP contribution in [-0.4, -0.2) is 41.9 Å². The van der Waals surface area contributed by atoms with Gasteiger partial charge in [-0.25, -0.2) is 18.4 Å². The second-order valence-corrected chi connectivity index (χ2v) is 7.53. The molecule has 7 heteroatoms. The number of hydrogen-bond donors (Lipinski definition) is 0. The maximum atomic E-state index is 12.7. The highest BCUT2D eigenvalue weighted by Gasteiger charge is 2.31. The minimum absolute atomic E-state index is 0.230. The van der Waals surface area contributed by atoms with Crippen LogP contribution in [0.3, 0.4) is 0 Å². The second-order valence-electron chi connectivity index (χ2n) is 5.59. The first-order chi connectivity index (χ1) is 11.1. The van der Waals surface area contributed by atoms with Crippen molar-refractivity contribution >= 4 is 10.0 Å². The molecule has 0 N–H and O–H groups in total. The highest BCUT2D eigenvalue weighted by Crippen LogP contribution is 2.22. The number of nitrogens with zero attached hydrogens (tertiary/aromatic N) is 3. The number of ether oxygens (including phenoxy) is 1. The normalized spacial score (nSPS) is 19.4. The third kappa shape index (κ3) is 3.68. The Labute approximate surface area is 136 Å². The largest absolute Gasteiger partial charge is 0.459 e. The minimum Gasteiger partial charge on any atom is -0.459 e. The van der Waals surface area contributed by atoms with Gasteiger partial charge in [-0.05, 0) is 38.0 Å². The Morgan fingerprint density at radius 2 is 1.87 bits per heavy atom. The minimum atomic E-state index is -3.49.